The predicted octanol–water partition coefficient (Wildman–Crippen LogP) is 2.97. The van der Waals surface area contributed by atoms with E-state index in [0.29, 0.717) is 0 Å². The maximum Gasteiger partial charge on any atom is 0.0754 e. The normalized spacial score (nSPS) is 18.8. The van der Waals surface area contributed by atoms with Crippen LogP contribution in [0.4, 0.5) is 0 Å². The number of pyridine rings is 1. The molecule has 0 fully saturated rings. The van der Waals surface area contributed by atoms with Crippen LogP contribution in [0.3, 0.4) is 0 Å². The van der Waals surface area contributed by atoms with Gasteiger partial charge in [0.1, 0.15) is 0 Å². The molecule has 1 aromatic heterocycles. The molecule has 3 rings (SSSR count). The Labute approximate surface area is 106 Å². The predicted molar refractivity (Wildman–Crippen MR) is 69.2 cm³/mol. The number of benzene rings is 1. The molecule has 0 amide bonds. The molecular weight excluding hydrogens is 232 g/mol. The highest BCUT2D eigenvalue weighted by molar-refractivity contribution is 6.30. The van der Waals surface area contributed by atoms with Gasteiger partial charge in [-0.3, -0.25) is 4.98 Å². The molecular formula is C14H13ClN2. The number of halogens is 1. The molecule has 1 atom stereocenters. The van der Waals surface area contributed by atoms with Crippen LogP contribution in [0.15, 0.2) is 42.6 Å². The van der Waals surface area contributed by atoms with Gasteiger partial charge in [0.25, 0.3) is 0 Å². The molecule has 2 nitrogen and oxygen atoms in total. The van der Waals surface area contributed by atoms with Crippen molar-refractivity contribution < 1.29 is 0 Å². The summed E-state index contributed by atoms with van der Waals surface area (Å²) >= 11 is 6.08. The number of aromatic nitrogens is 1. The minimum atomic E-state index is 0.165. The first-order valence-electron chi connectivity index (χ1n) is 5.77. The highest BCUT2D eigenvalue weighted by Gasteiger charge is 2.22. The summed E-state index contributed by atoms with van der Waals surface area (Å²) in [5.74, 6) is 0. The lowest BCUT2D eigenvalue weighted by Crippen LogP contribution is -2.31. The van der Waals surface area contributed by atoms with E-state index >= 15 is 0 Å². The van der Waals surface area contributed by atoms with Gasteiger partial charge in [-0.25, -0.2) is 0 Å². The van der Waals surface area contributed by atoms with Crippen molar-refractivity contribution in [2.75, 3.05) is 6.54 Å². The van der Waals surface area contributed by atoms with Crippen LogP contribution in [0.2, 0.25) is 5.02 Å². The summed E-state index contributed by atoms with van der Waals surface area (Å²) in [6, 6.07) is 12.3. The smallest absolute Gasteiger partial charge is 0.0754 e. The minimum absolute atomic E-state index is 0.165. The van der Waals surface area contributed by atoms with Gasteiger partial charge < -0.3 is 5.32 Å². The van der Waals surface area contributed by atoms with Crippen LogP contribution in [-0.2, 0) is 6.42 Å². The Morgan fingerprint density at radius 1 is 1.24 bits per heavy atom. The van der Waals surface area contributed by atoms with Crippen LogP contribution < -0.4 is 5.32 Å². The fraction of sp³-hybridized carbons (Fsp3) is 0.214. The third-order valence-electron chi connectivity index (χ3n) is 3.15. The zero-order valence-corrected chi connectivity index (χ0v) is 10.1. The summed E-state index contributed by atoms with van der Waals surface area (Å²) in [4.78, 5) is 4.43. The van der Waals surface area contributed by atoms with E-state index in [1.807, 2.05) is 36.5 Å². The molecule has 0 unspecified atom stereocenters. The SMILES string of the molecule is Clc1ccc2c(c1)[C@H](c1ccccn1)NCC2. The van der Waals surface area contributed by atoms with Crippen molar-refractivity contribution in [3.8, 4) is 0 Å². The Bertz CT molecular complexity index is 525. The topological polar surface area (TPSA) is 24.9 Å². The van der Waals surface area contributed by atoms with Crippen molar-refractivity contribution in [3.05, 3.63) is 64.4 Å². The third kappa shape index (κ3) is 2.06. The molecule has 2 heterocycles. The van der Waals surface area contributed by atoms with Gasteiger partial charge in [0, 0.05) is 17.8 Å². The summed E-state index contributed by atoms with van der Waals surface area (Å²) in [6.45, 7) is 0.982. The van der Waals surface area contributed by atoms with E-state index in [1.54, 1.807) is 0 Å². The quantitative estimate of drug-likeness (QED) is 0.834. The molecule has 1 N–H and O–H groups in total. The molecule has 86 valence electrons. The first kappa shape index (κ1) is 10.8. The molecule has 0 aliphatic carbocycles. The zero-order chi connectivity index (χ0) is 11.7. The number of fused-ring (bicyclic) bond motifs is 1. The number of nitrogens with zero attached hydrogens (tertiary/aromatic N) is 1. The average Bonchev–Trinajstić information content (AvgIpc) is 2.39. The van der Waals surface area contributed by atoms with E-state index < -0.39 is 0 Å². The van der Waals surface area contributed by atoms with Gasteiger partial charge in [-0.15, -0.1) is 0 Å². The highest BCUT2D eigenvalue weighted by Crippen LogP contribution is 2.29. The van der Waals surface area contributed by atoms with Crippen molar-refractivity contribution in [1.29, 1.82) is 0 Å². The Morgan fingerprint density at radius 2 is 2.18 bits per heavy atom. The fourth-order valence-corrected chi connectivity index (χ4v) is 2.51. The Balaban J connectivity index is 2.08. The van der Waals surface area contributed by atoms with Crippen LogP contribution in [0.5, 0.6) is 0 Å². The van der Waals surface area contributed by atoms with E-state index in [9.17, 15) is 0 Å². The van der Waals surface area contributed by atoms with Crippen molar-refractivity contribution in [2.24, 2.45) is 0 Å². The van der Waals surface area contributed by atoms with Gasteiger partial charge >= 0.3 is 0 Å². The Kier molecular flexibility index (Phi) is 2.83. The second-order valence-electron chi connectivity index (χ2n) is 4.23. The Morgan fingerprint density at radius 3 is 3.00 bits per heavy atom. The molecule has 0 spiro atoms. The van der Waals surface area contributed by atoms with Crippen LogP contribution in [0.1, 0.15) is 22.9 Å². The third-order valence-corrected chi connectivity index (χ3v) is 3.38. The van der Waals surface area contributed by atoms with Crippen molar-refractivity contribution in [3.63, 3.8) is 0 Å². The van der Waals surface area contributed by atoms with Gasteiger partial charge in [0.05, 0.1) is 11.7 Å². The van der Waals surface area contributed by atoms with Gasteiger partial charge in [-0.1, -0.05) is 23.7 Å². The lowest BCUT2D eigenvalue weighted by molar-refractivity contribution is 0.557. The lowest BCUT2D eigenvalue weighted by Gasteiger charge is -2.26. The molecule has 1 aromatic carbocycles. The second-order valence-corrected chi connectivity index (χ2v) is 4.67. The van der Waals surface area contributed by atoms with E-state index in [2.05, 4.69) is 16.4 Å². The molecule has 0 saturated heterocycles. The maximum atomic E-state index is 6.08. The van der Waals surface area contributed by atoms with E-state index in [0.717, 1.165) is 23.7 Å². The van der Waals surface area contributed by atoms with E-state index in [4.69, 9.17) is 11.6 Å². The largest absolute Gasteiger partial charge is 0.305 e. The minimum Gasteiger partial charge on any atom is -0.305 e. The molecule has 17 heavy (non-hydrogen) atoms. The summed E-state index contributed by atoms with van der Waals surface area (Å²) in [5, 5.41) is 4.28. The van der Waals surface area contributed by atoms with Crippen molar-refractivity contribution in [1.82, 2.24) is 10.3 Å². The monoisotopic (exact) mass is 244 g/mol. The fourth-order valence-electron chi connectivity index (χ4n) is 2.33. The van der Waals surface area contributed by atoms with Gasteiger partial charge in [0.2, 0.25) is 0 Å². The van der Waals surface area contributed by atoms with E-state index in [1.165, 1.54) is 11.1 Å². The van der Waals surface area contributed by atoms with Crippen LogP contribution in [0.25, 0.3) is 0 Å². The number of hydrogen-bond donors (Lipinski definition) is 1. The Hall–Kier alpha value is -1.38. The van der Waals surface area contributed by atoms with Gasteiger partial charge in [-0.2, -0.15) is 0 Å². The summed E-state index contributed by atoms with van der Waals surface area (Å²) in [7, 11) is 0. The van der Waals surface area contributed by atoms with Crippen LogP contribution >= 0.6 is 11.6 Å². The van der Waals surface area contributed by atoms with E-state index in [-0.39, 0.29) is 6.04 Å². The van der Waals surface area contributed by atoms with Crippen molar-refractivity contribution in [2.45, 2.75) is 12.5 Å². The van der Waals surface area contributed by atoms with Crippen molar-refractivity contribution >= 4 is 11.6 Å². The molecule has 1 aliphatic rings. The van der Waals surface area contributed by atoms with Gasteiger partial charge in [0.15, 0.2) is 0 Å². The average molecular weight is 245 g/mol. The van der Waals surface area contributed by atoms with Gasteiger partial charge in [-0.05, 0) is 41.8 Å². The maximum absolute atomic E-state index is 6.08. The molecule has 0 radical (unpaired) electrons. The standard InChI is InChI=1S/C14H13ClN2/c15-11-5-4-10-6-8-17-14(12(10)9-11)13-3-1-2-7-16-13/h1-5,7,9,14,17H,6,8H2/t14-/m1/s1. The number of rotatable bonds is 1. The molecule has 3 heteroatoms. The lowest BCUT2D eigenvalue weighted by atomic mass is 9.92. The summed E-state index contributed by atoms with van der Waals surface area (Å²) < 4.78 is 0. The van der Waals surface area contributed by atoms with Crippen LogP contribution in [0, 0.1) is 0 Å². The second kappa shape index (κ2) is 4.47. The molecule has 1 aliphatic heterocycles. The molecule has 0 saturated carbocycles. The first-order chi connectivity index (χ1) is 8.34. The highest BCUT2D eigenvalue weighted by atomic mass is 35.5. The number of nitrogens with one attached hydrogen (secondary N) is 1. The first-order valence-corrected chi connectivity index (χ1v) is 6.15. The number of hydrogen-bond acceptors (Lipinski definition) is 2. The molecule has 0 bridgehead atoms. The summed E-state index contributed by atoms with van der Waals surface area (Å²) in [5.41, 5.74) is 3.67. The van der Waals surface area contributed by atoms with Crippen LogP contribution in [-0.4, -0.2) is 11.5 Å². The summed E-state index contributed by atoms with van der Waals surface area (Å²) in [6.07, 6.45) is 2.88. The zero-order valence-electron chi connectivity index (χ0n) is 9.36. The molecule has 2 aromatic rings.